The third-order valence-corrected chi connectivity index (χ3v) is 5.04. The molecule has 0 bridgehead atoms. The van der Waals surface area contributed by atoms with E-state index in [0.717, 1.165) is 4.70 Å². The number of fused-ring (bicyclic) bond motifs is 1. The highest BCUT2D eigenvalue weighted by Crippen LogP contribution is 2.29. The van der Waals surface area contributed by atoms with Gasteiger partial charge in [-0.05, 0) is 51.8 Å². The first-order valence-corrected chi connectivity index (χ1v) is 8.55. The highest BCUT2D eigenvalue weighted by Gasteiger charge is 2.12. The maximum atomic E-state index is 12.1. The lowest BCUT2D eigenvalue weighted by molar-refractivity contribution is -0.384. The molecule has 0 saturated heterocycles. The number of hydrogen-bond acceptors (Lipinski definition) is 6. The molecule has 2 aromatic carbocycles. The average Bonchev–Trinajstić information content (AvgIpc) is 3.01. The number of phenolic OH excluding ortho intramolecular Hbond substituents is 1. The molecule has 0 aliphatic rings. The van der Waals surface area contributed by atoms with Crippen LogP contribution in [0.1, 0.15) is 15.2 Å². The number of nitrogens with zero attached hydrogens (tertiary/aromatic N) is 2. The minimum absolute atomic E-state index is 0.0202. The van der Waals surface area contributed by atoms with E-state index in [1.807, 2.05) is 0 Å². The zero-order valence-corrected chi connectivity index (χ0v) is 14.9. The Morgan fingerprint density at radius 2 is 2.08 bits per heavy atom. The number of rotatable bonds is 4. The van der Waals surface area contributed by atoms with Gasteiger partial charge in [-0.3, -0.25) is 14.9 Å². The van der Waals surface area contributed by atoms with Crippen LogP contribution in [0, 0.1) is 10.1 Å². The summed E-state index contributed by atoms with van der Waals surface area (Å²) in [5.41, 5.74) is 3.08. The van der Waals surface area contributed by atoms with Crippen LogP contribution in [0.15, 0.2) is 52.0 Å². The highest BCUT2D eigenvalue weighted by atomic mass is 79.9. The minimum atomic E-state index is -0.475. The van der Waals surface area contributed by atoms with E-state index in [0.29, 0.717) is 20.3 Å². The number of nitro groups is 1. The molecule has 3 rings (SSSR count). The molecule has 0 unspecified atom stereocenters. The molecule has 3 aromatic rings. The summed E-state index contributed by atoms with van der Waals surface area (Å²) in [5, 5.41) is 24.7. The molecule has 0 atom stereocenters. The summed E-state index contributed by atoms with van der Waals surface area (Å²) in [6.45, 7) is 0. The van der Waals surface area contributed by atoms with Crippen LogP contribution in [0.2, 0.25) is 0 Å². The Bertz CT molecular complexity index is 1020. The fourth-order valence-corrected chi connectivity index (χ4v) is 3.41. The van der Waals surface area contributed by atoms with E-state index in [-0.39, 0.29) is 11.4 Å². The number of nitro benzene ring substituents is 1. The highest BCUT2D eigenvalue weighted by molar-refractivity contribution is 9.10. The van der Waals surface area contributed by atoms with Crippen molar-refractivity contribution in [2.24, 2.45) is 5.10 Å². The van der Waals surface area contributed by atoms with E-state index >= 15 is 0 Å². The third-order valence-electron chi connectivity index (χ3n) is 3.29. The lowest BCUT2D eigenvalue weighted by atomic mass is 10.2. The second kappa shape index (κ2) is 6.99. The van der Waals surface area contributed by atoms with Crippen LogP contribution >= 0.6 is 27.3 Å². The number of carbonyl (C=O) groups is 1. The van der Waals surface area contributed by atoms with Crippen LogP contribution in [-0.4, -0.2) is 22.2 Å². The number of amides is 1. The van der Waals surface area contributed by atoms with Crippen LogP contribution in [0.4, 0.5) is 5.69 Å². The van der Waals surface area contributed by atoms with Gasteiger partial charge in [-0.25, -0.2) is 5.43 Å². The number of non-ortho nitro benzene ring substituents is 1. The van der Waals surface area contributed by atoms with Crippen molar-refractivity contribution in [2.75, 3.05) is 0 Å². The molecule has 0 spiro atoms. The SMILES string of the molecule is O=C(N/N=C\c1ccc(O)c(Br)c1)c1cc2cc([N+](=O)[O-])ccc2s1. The molecule has 9 heteroatoms. The molecule has 126 valence electrons. The van der Waals surface area contributed by atoms with Crippen molar-refractivity contribution in [3.05, 3.63) is 67.5 Å². The van der Waals surface area contributed by atoms with Crippen LogP contribution < -0.4 is 5.43 Å². The Kier molecular flexibility index (Phi) is 4.77. The Morgan fingerprint density at radius 3 is 2.80 bits per heavy atom. The molecule has 0 saturated carbocycles. The summed E-state index contributed by atoms with van der Waals surface area (Å²) < 4.78 is 1.30. The van der Waals surface area contributed by atoms with E-state index in [2.05, 4.69) is 26.5 Å². The molecule has 2 N–H and O–H groups in total. The van der Waals surface area contributed by atoms with Gasteiger partial charge in [-0.1, -0.05) is 0 Å². The van der Waals surface area contributed by atoms with Gasteiger partial charge in [-0.15, -0.1) is 11.3 Å². The molecule has 25 heavy (non-hydrogen) atoms. The number of phenols is 1. The van der Waals surface area contributed by atoms with Gasteiger partial charge >= 0.3 is 0 Å². The van der Waals surface area contributed by atoms with Crippen molar-refractivity contribution in [1.29, 1.82) is 0 Å². The minimum Gasteiger partial charge on any atom is -0.507 e. The zero-order chi connectivity index (χ0) is 18.0. The van der Waals surface area contributed by atoms with Crippen molar-refractivity contribution < 1.29 is 14.8 Å². The predicted octanol–water partition coefficient (Wildman–Crippen LogP) is 4.04. The number of benzene rings is 2. The quantitative estimate of drug-likeness (QED) is 0.378. The maximum absolute atomic E-state index is 12.1. The Morgan fingerprint density at radius 1 is 1.28 bits per heavy atom. The van der Waals surface area contributed by atoms with Gasteiger partial charge in [0, 0.05) is 22.2 Å². The molecule has 1 amide bonds. The van der Waals surface area contributed by atoms with E-state index in [1.165, 1.54) is 35.8 Å². The lowest BCUT2D eigenvalue weighted by Crippen LogP contribution is -2.16. The molecule has 1 aromatic heterocycles. The molecule has 0 aliphatic heterocycles. The van der Waals surface area contributed by atoms with E-state index < -0.39 is 10.8 Å². The number of halogens is 1. The average molecular weight is 420 g/mol. The molecular weight excluding hydrogens is 410 g/mol. The van der Waals surface area contributed by atoms with Gasteiger partial charge in [0.25, 0.3) is 11.6 Å². The number of hydrogen-bond donors (Lipinski definition) is 2. The van der Waals surface area contributed by atoms with E-state index in [9.17, 15) is 20.0 Å². The van der Waals surface area contributed by atoms with Crippen LogP contribution in [0.3, 0.4) is 0 Å². The van der Waals surface area contributed by atoms with Gasteiger partial charge in [-0.2, -0.15) is 5.10 Å². The first-order chi connectivity index (χ1) is 11.9. The normalized spacial score (nSPS) is 11.1. The summed E-state index contributed by atoms with van der Waals surface area (Å²) in [5.74, 6) is -0.293. The zero-order valence-electron chi connectivity index (χ0n) is 12.5. The molecule has 0 radical (unpaired) electrons. The summed E-state index contributed by atoms with van der Waals surface area (Å²) in [4.78, 5) is 22.9. The number of nitrogens with one attached hydrogen (secondary N) is 1. The number of hydrazone groups is 1. The van der Waals surface area contributed by atoms with Gasteiger partial charge in [0.05, 0.1) is 20.5 Å². The predicted molar refractivity (Wildman–Crippen MR) is 99.3 cm³/mol. The maximum Gasteiger partial charge on any atom is 0.281 e. The van der Waals surface area contributed by atoms with Gasteiger partial charge in [0.15, 0.2) is 0 Å². The number of aromatic hydroxyl groups is 1. The number of thiophene rings is 1. The molecule has 1 heterocycles. The van der Waals surface area contributed by atoms with Gasteiger partial charge in [0.2, 0.25) is 0 Å². The van der Waals surface area contributed by atoms with Crippen molar-refractivity contribution >= 4 is 55.2 Å². The summed E-state index contributed by atoms with van der Waals surface area (Å²) >= 11 is 4.42. The van der Waals surface area contributed by atoms with E-state index in [4.69, 9.17) is 0 Å². The van der Waals surface area contributed by atoms with Crippen molar-refractivity contribution in [3.63, 3.8) is 0 Å². The third kappa shape index (κ3) is 3.83. The molecule has 0 aliphatic carbocycles. The van der Waals surface area contributed by atoms with Crippen molar-refractivity contribution in [1.82, 2.24) is 5.43 Å². The summed E-state index contributed by atoms with van der Waals surface area (Å²) in [6, 6.07) is 10.9. The topological polar surface area (TPSA) is 105 Å². The first kappa shape index (κ1) is 17.1. The largest absolute Gasteiger partial charge is 0.507 e. The summed E-state index contributed by atoms with van der Waals surface area (Å²) in [6.07, 6.45) is 1.44. The van der Waals surface area contributed by atoms with Crippen molar-refractivity contribution in [3.8, 4) is 5.75 Å². The smallest absolute Gasteiger partial charge is 0.281 e. The van der Waals surface area contributed by atoms with Gasteiger partial charge < -0.3 is 5.11 Å². The molecule has 7 nitrogen and oxygen atoms in total. The Labute approximate surface area is 153 Å². The molecule has 0 fully saturated rings. The lowest BCUT2D eigenvalue weighted by Gasteiger charge is -1.98. The van der Waals surface area contributed by atoms with E-state index in [1.54, 1.807) is 24.3 Å². The van der Waals surface area contributed by atoms with Crippen LogP contribution in [-0.2, 0) is 0 Å². The first-order valence-electron chi connectivity index (χ1n) is 6.94. The van der Waals surface area contributed by atoms with Gasteiger partial charge in [0.1, 0.15) is 5.75 Å². The van der Waals surface area contributed by atoms with Crippen molar-refractivity contribution in [2.45, 2.75) is 0 Å². The Hall–Kier alpha value is -2.78. The number of carbonyl (C=O) groups excluding carboxylic acids is 1. The molecular formula is C16H10BrN3O4S. The second-order valence-corrected chi connectivity index (χ2v) is 6.94. The summed E-state index contributed by atoms with van der Waals surface area (Å²) in [7, 11) is 0. The Balaban J connectivity index is 1.74. The fourth-order valence-electron chi connectivity index (χ4n) is 2.08. The van der Waals surface area contributed by atoms with Crippen LogP contribution in [0.25, 0.3) is 10.1 Å². The fraction of sp³-hybridized carbons (Fsp3) is 0. The monoisotopic (exact) mass is 419 g/mol. The standard InChI is InChI=1S/C16H10BrN3O4S/c17-12-5-9(1-3-13(12)21)8-18-19-16(22)15-7-10-6-11(20(23)24)2-4-14(10)25-15/h1-8,21H,(H,19,22)/b18-8-. The van der Waals surface area contributed by atoms with Crippen LogP contribution in [0.5, 0.6) is 5.75 Å². The second-order valence-electron chi connectivity index (χ2n) is 5.00.